The van der Waals surface area contributed by atoms with Crippen LogP contribution in [0.15, 0.2) is 71.3 Å². The second-order valence-electron chi connectivity index (χ2n) is 8.48. The van der Waals surface area contributed by atoms with E-state index in [0.29, 0.717) is 6.54 Å². The first kappa shape index (κ1) is 23.3. The Kier molecular flexibility index (Phi) is 7.84. The van der Waals surface area contributed by atoms with E-state index in [2.05, 4.69) is 45.9 Å². The van der Waals surface area contributed by atoms with Crippen LogP contribution in [0.1, 0.15) is 35.5 Å². The summed E-state index contributed by atoms with van der Waals surface area (Å²) in [5, 5.41) is 5.76. The van der Waals surface area contributed by atoms with Gasteiger partial charge in [-0.15, -0.1) is 0 Å². The SMILES string of the molecule is CC(C)C(NC(=O)c1ccco1)C(=O)NCc1ccccc1-c1ccc(CN(C)C)cc1. The minimum atomic E-state index is -0.662. The summed E-state index contributed by atoms with van der Waals surface area (Å²) in [5.41, 5.74) is 4.44. The molecular formula is C26H31N3O3. The first-order valence-electron chi connectivity index (χ1n) is 10.8. The molecule has 0 aliphatic carbocycles. The molecule has 2 aromatic carbocycles. The van der Waals surface area contributed by atoms with Crippen LogP contribution in [-0.2, 0) is 17.9 Å². The van der Waals surface area contributed by atoms with Crippen molar-refractivity contribution >= 4 is 11.8 Å². The molecule has 1 aromatic heterocycles. The second-order valence-corrected chi connectivity index (χ2v) is 8.48. The predicted molar refractivity (Wildman–Crippen MR) is 126 cm³/mol. The highest BCUT2D eigenvalue weighted by Crippen LogP contribution is 2.24. The number of amides is 2. The highest BCUT2D eigenvalue weighted by molar-refractivity contribution is 5.95. The summed E-state index contributed by atoms with van der Waals surface area (Å²) in [7, 11) is 4.10. The normalized spacial score (nSPS) is 12.1. The van der Waals surface area contributed by atoms with Crippen LogP contribution in [0.25, 0.3) is 11.1 Å². The Hall–Kier alpha value is -3.38. The van der Waals surface area contributed by atoms with Crippen molar-refractivity contribution in [2.75, 3.05) is 14.1 Å². The van der Waals surface area contributed by atoms with Crippen LogP contribution in [0.5, 0.6) is 0 Å². The van der Waals surface area contributed by atoms with Gasteiger partial charge >= 0.3 is 0 Å². The molecular weight excluding hydrogens is 402 g/mol. The zero-order chi connectivity index (χ0) is 23.1. The van der Waals surface area contributed by atoms with E-state index in [9.17, 15) is 9.59 Å². The number of rotatable bonds is 9. The van der Waals surface area contributed by atoms with Gasteiger partial charge in [-0.05, 0) is 54.4 Å². The summed E-state index contributed by atoms with van der Waals surface area (Å²) in [5.74, 6) is -0.516. The van der Waals surface area contributed by atoms with Crippen molar-refractivity contribution < 1.29 is 14.0 Å². The zero-order valence-corrected chi connectivity index (χ0v) is 19.1. The van der Waals surface area contributed by atoms with Crippen LogP contribution in [0.2, 0.25) is 0 Å². The molecule has 1 atom stereocenters. The fourth-order valence-electron chi connectivity index (χ4n) is 3.56. The van der Waals surface area contributed by atoms with Crippen molar-refractivity contribution in [2.45, 2.75) is 33.0 Å². The van der Waals surface area contributed by atoms with Gasteiger partial charge in [-0.25, -0.2) is 0 Å². The van der Waals surface area contributed by atoms with Gasteiger partial charge < -0.3 is 20.0 Å². The summed E-state index contributed by atoms with van der Waals surface area (Å²) in [6, 6.07) is 19.1. The molecule has 32 heavy (non-hydrogen) atoms. The van der Waals surface area contributed by atoms with Crippen molar-refractivity contribution in [3.05, 3.63) is 83.8 Å². The van der Waals surface area contributed by atoms with Crippen molar-refractivity contribution in [2.24, 2.45) is 5.92 Å². The number of furan rings is 1. The molecule has 3 rings (SSSR count). The van der Waals surface area contributed by atoms with Gasteiger partial charge in [0.05, 0.1) is 6.26 Å². The van der Waals surface area contributed by atoms with E-state index in [-0.39, 0.29) is 17.6 Å². The predicted octanol–water partition coefficient (Wildman–Crippen LogP) is 4.08. The molecule has 0 spiro atoms. The lowest BCUT2D eigenvalue weighted by Crippen LogP contribution is -2.49. The summed E-state index contributed by atoms with van der Waals surface area (Å²) >= 11 is 0. The van der Waals surface area contributed by atoms with Gasteiger partial charge in [-0.3, -0.25) is 9.59 Å². The van der Waals surface area contributed by atoms with Gasteiger partial charge in [0, 0.05) is 13.1 Å². The number of carbonyl (C=O) groups excluding carboxylic acids is 2. The molecule has 0 aliphatic rings. The molecule has 0 aliphatic heterocycles. The topological polar surface area (TPSA) is 74.6 Å². The molecule has 3 aromatic rings. The van der Waals surface area contributed by atoms with Crippen LogP contribution < -0.4 is 10.6 Å². The summed E-state index contributed by atoms with van der Waals surface area (Å²) in [6.07, 6.45) is 1.43. The number of benzene rings is 2. The number of nitrogens with zero attached hydrogens (tertiary/aromatic N) is 1. The third kappa shape index (κ3) is 6.08. The van der Waals surface area contributed by atoms with E-state index in [1.54, 1.807) is 12.1 Å². The minimum Gasteiger partial charge on any atom is -0.459 e. The lowest BCUT2D eigenvalue weighted by molar-refractivity contribution is -0.124. The van der Waals surface area contributed by atoms with Crippen molar-refractivity contribution in [3.63, 3.8) is 0 Å². The molecule has 1 heterocycles. The quantitative estimate of drug-likeness (QED) is 0.533. The molecule has 2 amide bonds. The Morgan fingerprint density at radius 2 is 1.69 bits per heavy atom. The van der Waals surface area contributed by atoms with Gasteiger partial charge in [0.2, 0.25) is 5.91 Å². The highest BCUT2D eigenvalue weighted by atomic mass is 16.3. The van der Waals surface area contributed by atoms with Gasteiger partial charge in [0.15, 0.2) is 5.76 Å². The van der Waals surface area contributed by atoms with Crippen molar-refractivity contribution in [1.82, 2.24) is 15.5 Å². The Bertz CT molecular complexity index is 1020. The molecule has 2 N–H and O–H groups in total. The fraction of sp³-hybridized carbons (Fsp3) is 0.308. The highest BCUT2D eigenvalue weighted by Gasteiger charge is 2.25. The number of hydrogen-bond donors (Lipinski definition) is 2. The standard InChI is InChI=1S/C26H31N3O3/c1-18(2)24(28-25(30)23-10-7-15-32-23)26(31)27-16-21-8-5-6-9-22(21)20-13-11-19(12-14-20)17-29(3)4/h5-15,18,24H,16-17H2,1-4H3,(H,27,31)(H,28,30). The average molecular weight is 434 g/mol. The van der Waals surface area contributed by atoms with E-state index in [1.165, 1.54) is 11.8 Å². The summed E-state index contributed by atoms with van der Waals surface area (Å²) in [6.45, 7) is 5.05. The first-order valence-corrected chi connectivity index (χ1v) is 10.8. The zero-order valence-electron chi connectivity index (χ0n) is 19.1. The maximum atomic E-state index is 12.9. The van der Waals surface area contributed by atoms with Crippen LogP contribution >= 0.6 is 0 Å². The molecule has 6 heteroatoms. The minimum absolute atomic E-state index is 0.0756. The molecule has 168 valence electrons. The van der Waals surface area contributed by atoms with Gasteiger partial charge in [0.25, 0.3) is 5.91 Å². The van der Waals surface area contributed by atoms with E-state index >= 15 is 0 Å². The van der Waals surface area contributed by atoms with Crippen LogP contribution in [0, 0.1) is 5.92 Å². The smallest absolute Gasteiger partial charge is 0.287 e. The van der Waals surface area contributed by atoms with E-state index in [1.807, 2.05) is 46.1 Å². The van der Waals surface area contributed by atoms with E-state index in [4.69, 9.17) is 4.42 Å². The van der Waals surface area contributed by atoms with Gasteiger partial charge in [0.1, 0.15) is 6.04 Å². The molecule has 0 bridgehead atoms. The Morgan fingerprint density at radius 1 is 0.969 bits per heavy atom. The number of hydrogen-bond acceptors (Lipinski definition) is 4. The molecule has 1 unspecified atom stereocenters. The third-order valence-corrected chi connectivity index (χ3v) is 5.21. The second kappa shape index (κ2) is 10.8. The van der Waals surface area contributed by atoms with Crippen LogP contribution in [-0.4, -0.2) is 36.9 Å². The van der Waals surface area contributed by atoms with Crippen LogP contribution in [0.3, 0.4) is 0 Å². The van der Waals surface area contributed by atoms with Gasteiger partial charge in [-0.2, -0.15) is 0 Å². The van der Waals surface area contributed by atoms with Crippen molar-refractivity contribution in [1.29, 1.82) is 0 Å². The average Bonchev–Trinajstić information content (AvgIpc) is 3.31. The molecule has 6 nitrogen and oxygen atoms in total. The Balaban J connectivity index is 1.69. The molecule has 0 saturated heterocycles. The lowest BCUT2D eigenvalue weighted by atomic mass is 9.98. The largest absolute Gasteiger partial charge is 0.459 e. The third-order valence-electron chi connectivity index (χ3n) is 5.21. The molecule has 0 saturated carbocycles. The monoisotopic (exact) mass is 433 g/mol. The molecule has 0 fully saturated rings. The maximum absolute atomic E-state index is 12.9. The van der Waals surface area contributed by atoms with Crippen LogP contribution in [0.4, 0.5) is 0 Å². The Morgan fingerprint density at radius 3 is 2.31 bits per heavy atom. The maximum Gasteiger partial charge on any atom is 0.287 e. The number of nitrogens with one attached hydrogen (secondary N) is 2. The van der Waals surface area contributed by atoms with E-state index in [0.717, 1.165) is 23.2 Å². The lowest BCUT2D eigenvalue weighted by Gasteiger charge is -2.21. The van der Waals surface area contributed by atoms with Crippen molar-refractivity contribution in [3.8, 4) is 11.1 Å². The Labute approximate surface area is 189 Å². The summed E-state index contributed by atoms with van der Waals surface area (Å²) in [4.78, 5) is 27.4. The first-order chi connectivity index (χ1) is 15.3. The number of carbonyl (C=O) groups is 2. The summed E-state index contributed by atoms with van der Waals surface area (Å²) < 4.78 is 5.13. The van der Waals surface area contributed by atoms with E-state index < -0.39 is 11.9 Å². The molecule has 0 radical (unpaired) electrons. The van der Waals surface area contributed by atoms with Gasteiger partial charge in [-0.1, -0.05) is 62.4 Å². The fourth-order valence-corrected chi connectivity index (χ4v) is 3.56.